The summed E-state index contributed by atoms with van der Waals surface area (Å²) in [6.45, 7) is 1.02. The van der Waals surface area contributed by atoms with E-state index < -0.39 is 0 Å². The second kappa shape index (κ2) is 9.66. The summed E-state index contributed by atoms with van der Waals surface area (Å²) < 4.78 is 10.7. The SMILES string of the molecule is O=C(OCc1cc(-c2ccc(Cl)cc2)no1)C1CCN(C(=O)Nc2ccccc2)CC1. The number of nitrogens with one attached hydrogen (secondary N) is 1. The van der Waals surface area contributed by atoms with Gasteiger partial charge in [0.2, 0.25) is 0 Å². The lowest BCUT2D eigenvalue weighted by atomic mass is 9.97. The Hall–Kier alpha value is -3.32. The summed E-state index contributed by atoms with van der Waals surface area (Å²) in [5.41, 5.74) is 2.27. The fourth-order valence-corrected chi connectivity index (χ4v) is 3.57. The Balaban J connectivity index is 1.23. The zero-order valence-corrected chi connectivity index (χ0v) is 17.5. The van der Waals surface area contributed by atoms with Crippen molar-refractivity contribution in [2.45, 2.75) is 19.4 Å². The lowest BCUT2D eigenvalue weighted by Gasteiger charge is -2.30. The van der Waals surface area contributed by atoms with Crippen molar-refractivity contribution in [3.63, 3.8) is 0 Å². The highest BCUT2D eigenvalue weighted by molar-refractivity contribution is 6.30. The van der Waals surface area contributed by atoms with Crippen LogP contribution in [0.1, 0.15) is 18.6 Å². The maximum absolute atomic E-state index is 12.4. The first-order chi connectivity index (χ1) is 15.1. The second-order valence-corrected chi connectivity index (χ2v) is 7.79. The average Bonchev–Trinajstić information content (AvgIpc) is 3.28. The van der Waals surface area contributed by atoms with E-state index in [4.69, 9.17) is 20.9 Å². The van der Waals surface area contributed by atoms with Gasteiger partial charge in [0.15, 0.2) is 12.4 Å². The number of carbonyl (C=O) groups excluding carboxylic acids is 2. The van der Waals surface area contributed by atoms with Crippen LogP contribution >= 0.6 is 11.6 Å². The van der Waals surface area contributed by atoms with Gasteiger partial charge in [0.05, 0.1) is 5.92 Å². The normalized spacial score (nSPS) is 14.3. The molecule has 0 bridgehead atoms. The smallest absolute Gasteiger partial charge is 0.321 e. The molecule has 0 aliphatic carbocycles. The number of carbonyl (C=O) groups is 2. The maximum Gasteiger partial charge on any atom is 0.321 e. The molecule has 1 aromatic heterocycles. The largest absolute Gasteiger partial charge is 0.457 e. The summed E-state index contributed by atoms with van der Waals surface area (Å²) >= 11 is 5.90. The first-order valence-electron chi connectivity index (χ1n) is 10.1. The number of esters is 1. The molecule has 160 valence electrons. The molecule has 8 heteroatoms. The van der Waals surface area contributed by atoms with Gasteiger partial charge in [0, 0.05) is 35.4 Å². The van der Waals surface area contributed by atoms with Crippen LogP contribution < -0.4 is 5.32 Å². The summed E-state index contributed by atoms with van der Waals surface area (Å²) in [6.07, 6.45) is 1.13. The number of anilines is 1. The van der Waals surface area contributed by atoms with Gasteiger partial charge in [-0.05, 0) is 37.1 Å². The number of nitrogens with zero attached hydrogens (tertiary/aromatic N) is 2. The van der Waals surface area contributed by atoms with Crippen molar-refractivity contribution >= 4 is 29.3 Å². The zero-order valence-electron chi connectivity index (χ0n) is 16.8. The Labute approximate surface area is 184 Å². The Bertz CT molecular complexity index is 1030. The molecule has 31 heavy (non-hydrogen) atoms. The second-order valence-electron chi connectivity index (χ2n) is 7.35. The molecule has 2 aromatic carbocycles. The van der Waals surface area contributed by atoms with E-state index >= 15 is 0 Å². The molecule has 0 spiro atoms. The van der Waals surface area contributed by atoms with Crippen molar-refractivity contribution in [1.29, 1.82) is 0 Å². The van der Waals surface area contributed by atoms with Crippen LogP contribution in [0.25, 0.3) is 11.3 Å². The minimum atomic E-state index is -0.285. The maximum atomic E-state index is 12.4. The third kappa shape index (κ3) is 5.44. The number of hydrogen-bond donors (Lipinski definition) is 1. The predicted octanol–water partition coefficient (Wildman–Crippen LogP) is 4.98. The molecule has 1 fully saturated rings. The number of piperidine rings is 1. The quantitative estimate of drug-likeness (QED) is 0.566. The number of aromatic nitrogens is 1. The van der Waals surface area contributed by atoms with Gasteiger partial charge in [-0.2, -0.15) is 0 Å². The van der Waals surface area contributed by atoms with Gasteiger partial charge in [-0.15, -0.1) is 0 Å². The van der Waals surface area contributed by atoms with Crippen molar-refractivity contribution in [3.05, 3.63) is 71.4 Å². The van der Waals surface area contributed by atoms with Crippen molar-refractivity contribution in [1.82, 2.24) is 10.1 Å². The number of urea groups is 1. The van der Waals surface area contributed by atoms with Crippen LogP contribution in [-0.2, 0) is 16.1 Å². The van der Waals surface area contributed by atoms with E-state index in [2.05, 4.69) is 10.5 Å². The number of benzene rings is 2. The van der Waals surface area contributed by atoms with Crippen LogP contribution in [0.2, 0.25) is 5.02 Å². The number of rotatable bonds is 5. The fraction of sp³-hybridized carbons (Fsp3) is 0.261. The van der Waals surface area contributed by atoms with Gasteiger partial charge in [-0.25, -0.2) is 4.79 Å². The number of para-hydroxylation sites is 1. The molecule has 3 aromatic rings. The standard InChI is InChI=1S/C23H22ClN3O4/c24-18-8-6-16(7-9-18)21-14-20(31-26-21)15-30-22(28)17-10-12-27(13-11-17)23(29)25-19-4-2-1-3-5-19/h1-9,14,17H,10-13,15H2,(H,25,29). The van der Waals surface area contributed by atoms with Crippen LogP contribution in [0, 0.1) is 5.92 Å². The number of halogens is 1. The highest BCUT2D eigenvalue weighted by atomic mass is 35.5. The zero-order chi connectivity index (χ0) is 21.6. The summed E-state index contributed by atoms with van der Waals surface area (Å²) in [6, 6.07) is 18.1. The van der Waals surface area contributed by atoms with Crippen molar-refractivity contribution < 1.29 is 18.8 Å². The summed E-state index contributed by atoms with van der Waals surface area (Å²) in [4.78, 5) is 26.5. The summed E-state index contributed by atoms with van der Waals surface area (Å²) in [5.74, 6) is -0.0510. The van der Waals surface area contributed by atoms with E-state index in [1.54, 1.807) is 23.1 Å². The summed E-state index contributed by atoms with van der Waals surface area (Å²) in [5, 5.41) is 7.52. The van der Waals surface area contributed by atoms with Crippen LogP contribution in [0.4, 0.5) is 10.5 Å². The number of ether oxygens (including phenoxy) is 1. The number of amides is 2. The van der Waals surface area contributed by atoms with E-state index in [-0.39, 0.29) is 24.5 Å². The molecular weight excluding hydrogens is 418 g/mol. The Morgan fingerprint density at radius 1 is 1.10 bits per heavy atom. The Kier molecular flexibility index (Phi) is 6.52. The molecule has 7 nitrogen and oxygen atoms in total. The van der Waals surface area contributed by atoms with Gasteiger partial charge >= 0.3 is 12.0 Å². The predicted molar refractivity (Wildman–Crippen MR) is 117 cm³/mol. The number of hydrogen-bond acceptors (Lipinski definition) is 5. The van der Waals surface area contributed by atoms with Crippen molar-refractivity contribution in [2.75, 3.05) is 18.4 Å². The Morgan fingerprint density at radius 2 is 1.81 bits per heavy atom. The molecule has 2 amide bonds. The van der Waals surface area contributed by atoms with Crippen LogP contribution in [0.15, 0.2) is 65.2 Å². The molecule has 0 saturated carbocycles. The first-order valence-corrected chi connectivity index (χ1v) is 10.5. The molecule has 1 saturated heterocycles. The highest BCUT2D eigenvalue weighted by Gasteiger charge is 2.28. The van der Waals surface area contributed by atoms with E-state index in [0.717, 1.165) is 11.3 Å². The van der Waals surface area contributed by atoms with Crippen LogP contribution in [-0.4, -0.2) is 35.1 Å². The Morgan fingerprint density at radius 3 is 2.52 bits per heavy atom. The molecule has 1 aliphatic heterocycles. The van der Waals surface area contributed by atoms with Crippen LogP contribution in [0.5, 0.6) is 0 Å². The van der Waals surface area contributed by atoms with E-state index in [1.807, 2.05) is 42.5 Å². The highest BCUT2D eigenvalue weighted by Crippen LogP contribution is 2.23. The van der Waals surface area contributed by atoms with Crippen molar-refractivity contribution in [3.8, 4) is 11.3 Å². The van der Waals surface area contributed by atoms with E-state index in [0.29, 0.717) is 42.4 Å². The monoisotopic (exact) mass is 439 g/mol. The fourth-order valence-electron chi connectivity index (χ4n) is 3.44. The van der Waals surface area contributed by atoms with E-state index in [1.165, 1.54) is 0 Å². The van der Waals surface area contributed by atoms with E-state index in [9.17, 15) is 9.59 Å². The minimum absolute atomic E-state index is 0.0220. The molecule has 2 heterocycles. The van der Waals surface area contributed by atoms with Gasteiger partial charge in [-0.3, -0.25) is 4.79 Å². The molecule has 4 rings (SSSR count). The van der Waals surface area contributed by atoms with Gasteiger partial charge in [-0.1, -0.05) is 47.1 Å². The lowest BCUT2D eigenvalue weighted by Crippen LogP contribution is -2.42. The molecule has 0 radical (unpaired) electrons. The third-order valence-electron chi connectivity index (χ3n) is 5.20. The lowest BCUT2D eigenvalue weighted by molar-refractivity contribution is -0.152. The summed E-state index contributed by atoms with van der Waals surface area (Å²) in [7, 11) is 0. The topological polar surface area (TPSA) is 84.7 Å². The average molecular weight is 440 g/mol. The number of likely N-dealkylation sites (tertiary alicyclic amines) is 1. The first kappa shape index (κ1) is 20.9. The van der Waals surface area contributed by atoms with Crippen LogP contribution in [0.3, 0.4) is 0 Å². The molecule has 1 N–H and O–H groups in total. The molecule has 1 aliphatic rings. The van der Waals surface area contributed by atoms with Gasteiger partial charge in [0.1, 0.15) is 5.69 Å². The molecular formula is C23H22ClN3O4. The van der Waals surface area contributed by atoms with Gasteiger partial charge < -0.3 is 19.5 Å². The molecule has 0 unspecified atom stereocenters. The van der Waals surface area contributed by atoms with Gasteiger partial charge in [0.25, 0.3) is 0 Å². The third-order valence-corrected chi connectivity index (χ3v) is 5.45. The molecule has 0 atom stereocenters. The minimum Gasteiger partial charge on any atom is -0.457 e. The van der Waals surface area contributed by atoms with Crippen molar-refractivity contribution in [2.24, 2.45) is 5.92 Å².